The Kier molecular flexibility index (Phi) is 6.11. The van der Waals surface area contributed by atoms with E-state index in [4.69, 9.17) is 9.47 Å². The molecule has 0 radical (unpaired) electrons. The van der Waals surface area contributed by atoms with Gasteiger partial charge in [-0.3, -0.25) is 14.4 Å². The molecule has 0 atom stereocenters. The average Bonchev–Trinajstić information content (AvgIpc) is 3.30. The van der Waals surface area contributed by atoms with Crippen LogP contribution in [0.3, 0.4) is 0 Å². The molecule has 176 valence electrons. The summed E-state index contributed by atoms with van der Waals surface area (Å²) < 4.78 is 35.6. The molecule has 11 nitrogen and oxygen atoms in total. The van der Waals surface area contributed by atoms with Gasteiger partial charge in [-0.2, -0.15) is 5.10 Å². The van der Waals surface area contributed by atoms with E-state index in [2.05, 4.69) is 10.4 Å². The molecule has 2 aromatic rings. The number of carbonyl (C=O) groups excluding carboxylic acids is 3. The molecule has 33 heavy (non-hydrogen) atoms. The number of methoxy groups -OCH3 is 2. The number of esters is 1. The average molecular weight is 477 g/mol. The fourth-order valence-corrected chi connectivity index (χ4v) is 5.56. The summed E-state index contributed by atoms with van der Waals surface area (Å²) in [5.41, 5.74) is 1.29. The lowest BCUT2D eigenvalue weighted by molar-refractivity contribution is -0.150. The van der Waals surface area contributed by atoms with Crippen molar-refractivity contribution in [3.05, 3.63) is 35.5 Å². The van der Waals surface area contributed by atoms with Crippen LogP contribution in [0, 0.1) is 5.92 Å². The van der Waals surface area contributed by atoms with Crippen molar-refractivity contribution in [3.8, 4) is 11.4 Å². The number of hydrogen-bond acceptors (Lipinski definition) is 8. The number of benzene rings is 1. The molecule has 0 bridgehead atoms. The van der Waals surface area contributed by atoms with Crippen LogP contribution in [0.1, 0.15) is 24.1 Å². The Bertz CT molecular complexity index is 1200. The van der Waals surface area contributed by atoms with Crippen molar-refractivity contribution < 1.29 is 32.3 Å². The number of ether oxygens (including phenoxy) is 2. The number of nitrogens with zero attached hydrogens (tertiary/aromatic N) is 3. The molecule has 1 fully saturated rings. The van der Waals surface area contributed by atoms with Crippen LogP contribution in [0.4, 0.5) is 5.82 Å². The number of nitrogens with one attached hydrogen (secondary N) is 1. The van der Waals surface area contributed by atoms with Gasteiger partial charge < -0.3 is 19.7 Å². The lowest BCUT2D eigenvalue weighted by Gasteiger charge is -2.30. The molecule has 3 heterocycles. The van der Waals surface area contributed by atoms with E-state index in [9.17, 15) is 22.8 Å². The van der Waals surface area contributed by atoms with Gasteiger partial charge in [-0.15, -0.1) is 0 Å². The highest BCUT2D eigenvalue weighted by atomic mass is 32.2. The topological polar surface area (TPSA) is 137 Å². The van der Waals surface area contributed by atoms with E-state index in [1.807, 2.05) is 0 Å². The predicted octanol–water partition coefficient (Wildman–Crippen LogP) is 0.659. The Morgan fingerprint density at radius 1 is 1.06 bits per heavy atom. The normalized spacial score (nSPS) is 17.3. The van der Waals surface area contributed by atoms with Crippen molar-refractivity contribution in [1.82, 2.24) is 14.7 Å². The number of rotatable bonds is 4. The Balaban J connectivity index is 1.56. The fourth-order valence-electron chi connectivity index (χ4n) is 4.07. The van der Waals surface area contributed by atoms with Gasteiger partial charge in [0.15, 0.2) is 9.84 Å². The second-order valence-corrected chi connectivity index (χ2v) is 10.0. The summed E-state index contributed by atoms with van der Waals surface area (Å²) in [6.07, 6.45) is 0.812. The number of carbonyl (C=O) groups is 3. The maximum atomic E-state index is 12.8. The van der Waals surface area contributed by atoms with Crippen molar-refractivity contribution in [2.75, 3.05) is 32.6 Å². The molecule has 12 heteroatoms. The Hall–Kier alpha value is -3.41. The molecule has 1 saturated heterocycles. The Morgan fingerprint density at radius 3 is 2.33 bits per heavy atom. The van der Waals surface area contributed by atoms with Gasteiger partial charge in [0.1, 0.15) is 11.6 Å². The minimum Gasteiger partial charge on any atom is -0.497 e. The predicted molar refractivity (Wildman–Crippen MR) is 116 cm³/mol. The van der Waals surface area contributed by atoms with E-state index < -0.39 is 21.7 Å². The van der Waals surface area contributed by atoms with E-state index in [-0.39, 0.29) is 42.3 Å². The number of sulfone groups is 1. The number of likely N-dealkylation sites (tertiary alicyclic amines) is 1. The summed E-state index contributed by atoms with van der Waals surface area (Å²) in [5, 5.41) is 6.96. The molecule has 4 rings (SSSR count). The van der Waals surface area contributed by atoms with Gasteiger partial charge in [-0.25, -0.2) is 13.1 Å². The number of piperidine rings is 1. The van der Waals surface area contributed by atoms with Gasteiger partial charge in [0.25, 0.3) is 0 Å². The van der Waals surface area contributed by atoms with Crippen LogP contribution in [0.25, 0.3) is 5.69 Å². The molecule has 0 aliphatic carbocycles. The van der Waals surface area contributed by atoms with Crippen molar-refractivity contribution in [3.63, 3.8) is 0 Å². The quantitative estimate of drug-likeness (QED) is 0.502. The van der Waals surface area contributed by atoms with Crippen LogP contribution < -0.4 is 10.1 Å². The molecule has 1 aromatic carbocycles. The first-order valence-electron chi connectivity index (χ1n) is 10.4. The lowest BCUT2D eigenvalue weighted by atomic mass is 9.97. The highest BCUT2D eigenvalue weighted by Gasteiger charge is 2.35. The Labute approximate surface area is 190 Å². The smallest absolute Gasteiger partial charge is 0.315 e. The molecule has 0 unspecified atom stereocenters. The third-order valence-electron chi connectivity index (χ3n) is 5.85. The van der Waals surface area contributed by atoms with Gasteiger partial charge in [-0.05, 0) is 37.1 Å². The van der Waals surface area contributed by atoms with Crippen molar-refractivity contribution in [2.24, 2.45) is 5.92 Å². The van der Waals surface area contributed by atoms with E-state index in [0.717, 1.165) is 0 Å². The molecular weight excluding hydrogens is 452 g/mol. The number of aromatic nitrogens is 2. The van der Waals surface area contributed by atoms with Crippen LogP contribution >= 0.6 is 0 Å². The summed E-state index contributed by atoms with van der Waals surface area (Å²) >= 11 is 0. The second-order valence-electron chi connectivity index (χ2n) is 7.96. The third-order valence-corrected chi connectivity index (χ3v) is 7.29. The summed E-state index contributed by atoms with van der Waals surface area (Å²) in [6, 6.07) is 6.84. The monoisotopic (exact) mass is 476 g/mol. The first-order valence-corrected chi connectivity index (χ1v) is 12.2. The largest absolute Gasteiger partial charge is 0.497 e. The van der Waals surface area contributed by atoms with Gasteiger partial charge in [0.05, 0.1) is 43.0 Å². The fraction of sp³-hybridized carbons (Fsp3) is 0.429. The number of fused-ring (bicyclic) bond motifs is 1. The minimum absolute atomic E-state index is 0.152. The summed E-state index contributed by atoms with van der Waals surface area (Å²) in [5.74, 6) is -2.01. The zero-order chi connectivity index (χ0) is 23.8. The van der Waals surface area contributed by atoms with Crippen LogP contribution in [-0.2, 0) is 40.5 Å². The van der Waals surface area contributed by atoms with E-state index in [0.29, 0.717) is 35.5 Å². The summed E-state index contributed by atoms with van der Waals surface area (Å²) in [6.45, 7) is 0.493. The summed E-state index contributed by atoms with van der Waals surface area (Å²) in [4.78, 5) is 38.6. The van der Waals surface area contributed by atoms with Gasteiger partial charge in [0.2, 0.25) is 0 Å². The van der Waals surface area contributed by atoms with Crippen LogP contribution in [0.5, 0.6) is 5.75 Å². The van der Waals surface area contributed by atoms with Crippen LogP contribution in [-0.4, -0.2) is 68.2 Å². The maximum Gasteiger partial charge on any atom is 0.315 e. The van der Waals surface area contributed by atoms with Crippen molar-refractivity contribution in [1.29, 1.82) is 0 Å². The van der Waals surface area contributed by atoms with Crippen molar-refractivity contribution in [2.45, 2.75) is 24.3 Å². The highest BCUT2D eigenvalue weighted by molar-refractivity contribution is 7.90. The minimum atomic E-state index is -3.37. The summed E-state index contributed by atoms with van der Waals surface area (Å²) in [7, 11) is -0.521. The standard InChI is InChI=1S/C21H24N4O7S/c1-31-15-5-3-14(4-6-15)25-18(16-11-33(29,30)12-17(16)23-25)22-19(26)20(27)24-9-7-13(8-10-24)21(28)32-2/h3-6,13H,7-12H2,1-2H3,(H,22,26). The molecule has 1 N–H and O–H groups in total. The first kappa shape index (κ1) is 22.8. The van der Waals surface area contributed by atoms with E-state index in [1.165, 1.54) is 23.8 Å². The second kappa shape index (κ2) is 8.85. The van der Waals surface area contributed by atoms with Gasteiger partial charge in [-0.1, -0.05) is 0 Å². The van der Waals surface area contributed by atoms with Gasteiger partial charge in [0, 0.05) is 18.7 Å². The zero-order valence-electron chi connectivity index (χ0n) is 18.2. The lowest BCUT2D eigenvalue weighted by Crippen LogP contribution is -2.45. The molecule has 2 amide bonds. The third kappa shape index (κ3) is 4.56. The zero-order valence-corrected chi connectivity index (χ0v) is 19.1. The Morgan fingerprint density at radius 2 is 1.73 bits per heavy atom. The number of amides is 2. The number of hydrogen-bond donors (Lipinski definition) is 1. The van der Waals surface area contributed by atoms with Gasteiger partial charge >= 0.3 is 17.8 Å². The van der Waals surface area contributed by atoms with E-state index >= 15 is 0 Å². The first-order chi connectivity index (χ1) is 15.7. The molecule has 2 aliphatic rings. The van der Waals surface area contributed by atoms with Crippen LogP contribution in [0.15, 0.2) is 24.3 Å². The molecule has 0 spiro atoms. The van der Waals surface area contributed by atoms with E-state index in [1.54, 1.807) is 24.3 Å². The maximum absolute atomic E-state index is 12.8. The highest BCUT2D eigenvalue weighted by Crippen LogP contribution is 2.33. The molecular formula is C21H24N4O7S. The van der Waals surface area contributed by atoms with Crippen molar-refractivity contribution >= 4 is 33.4 Å². The molecule has 2 aliphatic heterocycles. The molecule has 1 aromatic heterocycles. The van der Waals surface area contributed by atoms with Crippen LogP contribution in [0.2, 0.25) is 0 Å². The molecule has 0 saturated carbocycles. The number of anilines is 1. The SMILES string of the molecule is COC(=O)C1CCN(C(=O)C(=O)Nc2c3c(nn2-c2ccc(OC)cc2)CS(=O)(=O)C3)CC1.